The molecule has 0 aromatic carbocycles. The average Bonchev–Trinajstić information content (AvgIpc) is 2.92. The Morgan fingerprint density at radius 2 is 2.06 bits per heavy atom. The molecule has 4 unspecified atom stereocenters. The monoisotopic (exact) mass is 220 g/mol. The molecular weight excluding hydrogens is 196 g/mol. The Morgan fingerprint density at radius 1 is 1.31 bits per heavy atom. The number of rotatable bonds is 1. The second-order valence-electron chi connectivity index (χ2n) is 6.77. The third-order valence-electron chi connectivity index (χ3n) is 5.56. The number of ether oxygens (including phenoxy) is 1. The molecule has 16 heavy (non-hydrogen) atoms. The van der Waals surface area contributed by atoms with Gasteiger partial charge in [0.25, 0.3) is 0 Å². The molecule has 3 rings (SSSR count). The molecule has 0 spiro atoms. The van der Waals surface area contributed by atoms with Crippen LogP contribution in [0.1, 0.15) is 53.4 Å². The van der Waals surface area contributed by atoms with Crippen molar-refractivity contribution in [2.24, 2.45) is 17.3 Å². The first-order valence-corrected chi connectivity index (χ1v) is 6.84. The van der Waals surface area contributed by atoms with Gasteiger partial charge in [-0.15, -0.1) is 0 Å². The lowest BCUT2D eigenvalue weighted by molar-refractivity contribution is 0.114. The van der Waals surface area contributed by atoms with Gasteiger partial charge in [0.05, 0.1) is 11.7 Å². The summed E-state index contributed by atoms with van der Waals surface area (Å²) >= 11 is 0. The van der Waals surface area contributed by atoms with E-state index in [1.807, 2.05) is 0 Å². The lowest BCUT2D eigenvalue weighted by Crippen LogP contribution is -2.44. The summed E-state index contributed by atoms with van der Waals surface area (Å²) in [5.41, 5.74) is 2.37. The maximum Gasteiger partial charge on any atom is 0.0977 e. The quantitative estimate of drug-likeness (QED) is 0.482. The van der Waals surface area contributed by atoms with E-state index in [4.69, 9.17) is 4.74 Å². The van der Waals surface area contributed by atoms with Crippen LogP contribution in [0.15, 0.2) is 11.6 Å². The molecular formula is C15H24O. The maximum atomic E-state index is 6.19. The summed E-state index contributed by atoms with van der Waals surface area (Å²) in [6, 6.07) is 0. The van der Waals surface area contributed by atoms with E-state index < -0.39 is 0 Å². The predicted octanol–water partition coefficient (Wildman–Crippen LogP) is 3.94. The minimum absolute atomic E-state index is 0.247. The molecule has 1 saturated carbocycles. The van der Waals surface area contributed by atoms with Crippen molar-refractivity contribution in [2.75, 3.05) is 0 Å². The van der Waals surface area contributed by atoms with Crippen molar-refractivity contribution in [3.63, 3.8) is 0 Å². The van der Waals surface area contributed by atoms with E-state index in [1.165, 1.54) is 25.7 Å². The number of hydrogen-bond donors (Lipinski definition) is 0. The van der Waals surface area contributed by atoms with Crippen LogP contribution < -0.4 is 0 Å². The molecule has 1 heterocycles. The zero-order chi connectivity index (χ0) is 11.6. The van der Waals surface area contributed by atoms with Crippen molar-refractivity contribution in [2.45, 2.75) is 65.1 Å². The zero-order valence-electron chi connectivity index (χ0n) is 11.0. The lowest BCUT2D eigenvalue weighted by atomic mass is 9.57. The summed E-state index contributed by atoms with van der Waals surface area (Å²) in [7, 11) is 0. The maximum absolute atomic E-state index is 6.19. The highest BCUT2D eigenvalue weighted by atomic mass is 16.6. The Bertz CT molecular complexity index is 343. The first kappa shape index (κ1) is 10.8. The van der Waals surface area contributed by atoms with Crippen LogP contribution in [0.5, 0.6) is 0 Å². The molecule has 1 heteroatoms. The lowest BCUT2D eigenvalue weighted by Gasteiger charge is -2.45. The first-order valence-electron chi connectivity index (χ1n) is 6.84. The van der Waals surface area contributed by atoms with Gasteiger partial charge in [0.1, 0.15) is 0 Å². The fraction of sp³-hybridized carbons (Fsp3) is 0.867. The Balaban J connectivity index is 1.94. The normalized spacial score (nSPS) is 50.7. The van der Waals surface area contributed by atoms with Crippen LogP contribution in [-0.2, 0) is 4.74 Å². The molecule has 0 amide bonds. The van der Waals surface area contributed by atoms with Gasteiger partial charge in [-0.05, 0) is 43.9 Å². The minimum atomic E-state index is 0.247. The second kappa shape index (κ2) is 3.13. The van der Waals surface area contributed by atoms with Crippen molar-refractivity contribution in [1.82, 2.24) is 0 Å². The predicted molar refractivity (Wildman–Crippen MR) is 66.3 cm³/mol. The molecule has 1 saturated heterocycles. The Morgan fingerprint density at radius 3 is 2.75 bits per heavy atom. The average molecular weight is 220 g/mol. The van der Waals surface area contributed by atoms with Gasteiger partial charge >= 0.3 is 0 Å². The molecule has 2 fully saturated rings. The first-order chi connectivity index (χ1) is 7.50. The van der Waals surface area contributed by atoms with Crippen LogP contribution in [0.3, 0.4) is 0 Å². The molecule has 0 bridgehead atoms. The fourth-order valence-electron chi connectivity index (χ4n) is 4.33. The van der Waals surface area contributed by atoms with E-state index in [0.29, 0.717) is 23.4 Å². The highest BCUT2D eigenvalue weighted by Gasteiger charge is 2.67. The second-order valence-corrected chi connectivity index (χ2v) is 6.77. The van der Waals surface area contributed by atoms with Gasteiger partial charge in [-0.3, -0.25) is 0 Å². The van der Waals surface area contributed by atoms with Gasteiger partial charge in [-0.2, -0.15) is 0 Å². The van der Waals surface area contributed by atoms with Gasteiger partial charge in [0.2, 0.25) is 0 Å². The van der Waals surface area contributed by atoms with Crippen LogP contribution in [0.2, 0.25) is 0 Å². The molecule has 0 aromatic heterocycles. The van der Waals surface area contributed by atoms with Gasteiger partial charge in [0, 0.05) is 5.92 Å². The van der Waals surface area contributed by atoms with Crippen LogP contribution in [-0.4, -0.2) is 11.7 Å². The summed E-state index contributed by atoms with van der Waals surface area (Å²) < 4.78 is 6.19. The molecule has 90 valence electrons. The Labute approximate surface area is 99.3 Å². The van der Waals surface area contributed by atoms with Gasteiger partial charge < -0.3 is 4.74 Å². The SMILES string of the molecule is CC1=CCCC2(C)CCC3(C(C)C)OC3C12. The molecule has 1 nitrogen and oxygen atoms in total. The largest absolute Gasteiger partial charge is 0.365 e. The van der Waals surface area contributed by atoms with Crippen molar-refractivity contribution >= 4 is 0 Å². The smallest absolute Gasteiger partial charge is 0.0977 e. The summed E-state index contributed by atoms with van der Waals surface area (Å²) in [4.78, 5) is 0. The Kier molecular flexibility index (Phi) is 2.12. The van der Waals surface area contributed by atoms with Crippen molar-refractivity contribution in [3.05, 3.63) is 11.6 Å². The van der Waals surface area contributed by atoms with E-state index in [-0.39, 0.29) is 5.60 Å². The molecule has 0 radical (unpaired) electrons. The van der Waals surface area contributed by atoms with Crippen LogP contribution >= 0.6 is 0 Å². The third-order valence-corrected chi connectivity index (χ3v) is 5.56. The van der Waals surface area contributed by atoms with Crippen molar-refractivity contribution in [1.29, 1.82) is 0 Å². The number of fused-ring (bicyclic) bond motifs is 3. The summed E-state index contributed by atoms with van der Waals surface area (Å²) in [5.74, 6) is 1.38. The minimum Gasteiger partial charge on any atom is -0.365 e. The third kappa shape index (κ3) is 1.21. The van der Waals surface area contributed by atoms with Crippen LogP contribution in [0.4, 0.5) is 0 Å². The molecule has 0 N–H and O–H groups in total. The van der Waals surface area contributed by atoms with Gasteiger partial charge in [-0.25, -0.2) is 0 Å². The standard InChI is InChI=1S/C15H24O/c1-10(2)15-9-8-14(4)7-5-6-11(3)12(14)13(15)16-15/h6,10,12-13H,5,7-9H2,1-4H3. The summed E-state index contributed by atoms with van der Waals surface area (Å²) in [6.07, 6.45) is 8.27. The van der Waals surface area contributed by atoms with E-state index in [2.05, 4.69) is 33.8 Å². The van der Waals surface area contributed by atoms with Crippen LogP contribution in [0, 0.1) is 17.3 Å². The highest BCUT2D eigenvalue weighted by Crippen LogP contribution is 2.64. The van der Waals surface area contributed by atoms with Crippen molar-refractivity contribution in [3.8, 4) is 0 Å². The van der Waals surface area contributed by atoms with Crippen molar-refractivity contribution < 1.29 is 4.74 Å². The van der Waals surface area contributed by atoms with Gasteiger partial charge in [-0.1, -0.05) is 32.4 Å². The molecule has 4 atom stereocenters. The van der Waals surface area contributed by atoms with E-state index >= 15 is 0 Å². The summed E-state index contributed by atoms with van der Waals surface area (Å²) in [6.45, 7) is 9.45. The highest BCUT2D eigenvalue weighted by molar-refractivity contribution is 5.26. The van der Waals surface area contributed by atoms with E-state index in [0.717, 1.165) is 0 Å². The molecule has 0 aromatic rings. The molecule has 1 aliphatic heterocycles. The molecule has 2 aliphatic carbocycles. The van der Waals surface area contributed by atoms with E-state index in [1.54, 1.807) is 5.57 Å². The zero-order valence-corrected chi connectivity index (χ0v) is 11.0. The Hall–Kier alpha value is -0.300. The van der Waals surface area contributed by atoms with E-state index in [9.17, 15) is 0 Å². The number of allylic oxidation sites excluding steroid dienone is 1. The molecule has 3 aliphatic rings. The van der Waals surface area contributed by atoms with Gasteiger partial charge in [0.15, 0.2) is 0 Å². The topological polar surface area (TPSA) is 12.5 Å². The fourth-order valence-corrected chi connectivity index (χ4v) is 4.33. The number of epoxide rings is 1. The number of hydrogen-bond acceptors (Lipinski definition) is 1. The summed E-state index contributed by atoms with van der Waals surface area (Å²) in [5, 5.41) is 0. The van der Waals surface area contributed by atoms with Crippen LogP contribution in [0.25, 0.3) is 0 Å².